The van der Waals surface area contributed by atoms with E-state index in [4.69, 9.17) is 0 Å². The molecule has 1 aliphatic rings. The Hall–Kier alpha value is -1.62. The van der Waals surface area contributed by atoms with E-state index < -0.39 is 0 Å². The molecule has 5 heteroatoms. The number of nitrogens with one attached hydrogen (secondary N) is 1. The van der Waals surface area contributed by atoms with Crippen molar-refractivity contribution < 1.29 is 4.92 Å². The third-order valence-corrected chi connectivity index (χ3v) is 4.11. The standard InChI is InChI=1S/C15H23N3O2/c1-4-16-14-12(7-5-8-13(14)18(19)20)11-17-10-6-9-15(17,2)3/h5,7-8,16H,4,6,9-11H2,1-3H3. The van der Waals surface area contributed by atoms with Crippen molar-refractivity contribution in [2.75, 3.05) is 18.4 Å². The van der Waals surface area contributed by atoms with Crippen LogP contribution in [0.15, 0.2) is 18.2 Å². The first kappa shape index (κ1) is 14.8. The molecule has 1 saturated heterocycles. The van der Waals surface area contributed by atoms with Gasteiger partial charge in [0, 0.05) is 24.7 Å². The van der Waals surface area contributed by atoms with Gasteiger partial charge in [-0.15, -0.1) is 0 Å². The van der Waals surface area contributed by atoms with Crippen molar-refractivity contribution >= 4 is 11.4 Å². The minimum Gasteiger partial charge on any atom is -0.380 e. The molecular weight excluding hydrogens is 254 g/mol. The number of rotatable bonds is 5. The van der Waals surface area contributed by atoms with E-state index in [0.29, 0.717) is 12.2 Å². The molecule has 0 amide bonds. The molecule has 1 N–H and O–H groups in total. The van der Waals surface area contributed by atoms with Gasteiger partial charge in [-0.05, 0) is 45.7 Å². The highest BCUT2D eigenvalue weighted by atomic mass is 16.6. The summed E-state index contributed by atoms with van der Waals surface area (Å²) in [6.45, 7) is 8.94. The highest BCUT2D eigenvalue weighted by molar-refractivity contribution is 5.66. The summed E-state index contributed by atoms with van der Waals surface area (Å²) in [6.07, 6.45) is 2.37. The molecule has 0 aliphatic carbocycles. The topological polar surface area (TPSA) is 58.4 Å². The lowest BCUT2D eigenvalue weighted by Gasteiger charge is -2.32. The van der Waals surface area contributed by atoms with E-state index in [2.05, 4.69) is 24.1 Å². The highest BCUT2D eigenvalue weighted by Crippen LogP contribution is 2.34. The molecule has 5 nitrogen and oxygen atoms in total. The maximum absolute atomic E-state index is 11.2. The summed E-state index contributed by atoms with van der Waals surface area (Å²) >= 11 is 0. The van der Waals surface area contributed by atoms with Gasteiger partial charge in [-0.25, -0.2) is 0 Å². The fourth-order valence-corrected chi connectivity index (χ4v) is 2.91. The van der Waals surface area contributed by atoms with Crippen molar-refractivity contribution in [2.24, 2.45) is 0 Å². The first-order chi connectivity index (χ1) is 9.45. The van der Waals surface area contributed by atoms with Crippen molar-refractivity contribution in [2.45, 2.75) is 45.7 Å². The lowest BCUT2D eigenvalue weighted by molar-refractivity contribution is -0.384. The third kappa shape index (κ3) is 2.93. The van der Waals surface area contributed by atoms with Crippen LogP contribution in [0.4, 0.5) is 11.4 Å². The molecule has 1 aromatic carbocycles. The lowest BCUT2D eigenvalue weighted by Crippen LogP contribution is -2.37. The molecule has 20 heavy (non-hydrogen) atoms. The summed E-state index contributed by atoms with van der Waals surface area (Å²) in [5.74, 6) is 0. The largest absolute Gasteiger partial charge is 0.380 e. The SMILES string of the molecule is CCNc1c(CN2CCCC2(C)C)cccc1[N+](=O)[O-]. The molecule has 1 heterocycles. The van der Waals surface area contributed by atoms with E-state index in [9.17, 15) is 10.1 Å². The van der Waals surface area contributed by atoms with E-state index in [0.717, 1.165) is 18.7 Å². The number of anilines is 1. The van der Waals surface area contributed by atoms with Crippen LogP contribution in [-0.4, -0.2) is 28.5 Å². The molecule has 0 atom stereocenters. The Balaban J connectivity index is 2.31. The second-order valence-corrected chi connectivity index (χ2v) is 5.94. The van der Waals surface area contributed by atoms with E-state index in [1.807, 2.05) is 13.0 Å². The predicted molar refractivity (Wildman–Crippen MR) is 81.0 cm³/mol. The van der Waals surface area contributed by atoms with E-state index >= 15 is 0 Å². The second-order valence-electron chi connectivity index (χ2n) is 5.94. The van der Waals surface area contributed by atoms with Crippen LogP contribution in [-0.2, 0) is 6.54 Å². The maximum Gasteiger partial charge on any atom is 0.292 e. The molecule has 2 rings (SSSR count). The molecule has 0 spiro atoms. The Morgan fingerprint density at radius 2 is 2.20 bits per heavy atom. The van der Waals surface area contributed by atoms with Gasteiger partial charge < -0.3 is 5.32 Å². The summed E-state index contributed by atoms with van der Waals surface area (Å²) in [4.78, 5) is 13.3. The number of nitro groups is 1. The monoisotopic (exact) mass is 277 g/mol. The fourth-order valence-electron chi connectivity index (χ4n) is 2.91. The van der Waals surface area contributed by atoms with Crippen LogP contribution in [0, 0.1) is 10.1 Å². The first-order valence-electron chi connectivity index (χ1n) is 7.21. The molecule has 0 saturated carbocycles. The van der Waals surface area contributed by atoms with Gasteiger partial charge in [0.25, 0.3) is 5.69 Å². The Morgan fingerprint density at radius 3 is 2.75 bits per heavy atom. The lowest BCUT2D eigenvalue weighted by atomic mass is 10.0. The number of hydrogen-bond acceptors (Lipinski definition) is 4. The first-order valence-corrected chi connectivity index (χ1v) is 7.21. The van der Waals surface area contributed by atoms with Crippen molar-refractivity contribution in [3.8, 4) is 0 Å². The smallest absolute Gasteiger partial charge is 0.292 e. The second kappa shape index (κ2) is 5.79. The molecule has 0 radical (unpaired) electrons. The zero-order valence-corrected chi connectivity index (χ0v) is 12.5. The van der Waals surface area contributed by atoms with E-state index in [-0.39, 0.29) is 16.1 Å². The van der Waals surface area contributed by atoms with Crippen LogP contribution < -0.4 is 5.32 Å². The Kier molecular flexibility index (Phi) is 4.28. The quantitative estimate of drug-likeness (QED) is 0.662. The van der Waals surface area contributed by atoms with Gasteiger partial charge in [-0.1, -0.05) is 12.1 Å². The summed E-state index contributed by atoms with van der Waals surface area (Å²) in [5, 5.41) is 14.3. The molecule has 1 aromatic rings. The molecule has 0 unspecified atom stereocenters. The molecule has 0 bridgehead atoms. The fraction of sp³-hybridized carbons (Fsp3) is 0.600. The molecular formula is C15H23N3O2. The number of likely N-dealkylation sites (tertiary alicyclic amines) is 1. The molecule has 1 aliphatic heterocycles. The normalized spacial score (nSPS) is 18.1. The average molecular weight is 277 g/mol. The Bertz CT molecular complexity index is 500. The van der Waals surface area contributed by atoms with Crippen molar-refractivity contribution in [1.29, 1.82) is 0 Å². The minimum absolute atomic E-state index is 0.168. The zero-order valence-electron chi connectivity index (χ0n) is 12.5. The van der Waals surface area contributed by atoms with Gasteiger partial charge in [0.05, 0.1) is 4.92 Å². The third-order valence-electron chi connectivity index (χ3n) is 4.11. The number of para-hydroxylation sites is 1. The Labute approximate surface area is 120 Å². The van der Waals surface area contributed by atoms with Crippen LogP contribution in [0.5, 0.6) is 0 Å². The van der Waals surface area contributed by atoms with Gasteiger partial charge in [-0.2, -0.15) is 0 Å². The van der Waals surface area contributed by atoms with Crippen molar-refractivity contribution in [3.05, 3.63) is 33.9 Å². The minimum atomic E-state index is -0.309. The van der Waals surface area contributed by atoms with Gasteiger partial charge in [0.1, 0.15) is 5.69 Å². The maximum atomic E-state index is 11.2. The van der Waals surface area contributed by atoms with Crippen LogP contribution in [0.25, 0.3) is 0 Å². The van der Waals surface area contributed by atoms with Crippen molar-refractivity contribution in [3.63, 3.8) is 0 Å². The van der Waals surface area contributed by atoms with Gasteiger partial charge in [0.2, 0.25) is 0 Å². The van der Waals surface area contributed by atoms with Crippen LogP contribution >= 0.6 is 0 Å². The number of benzene rings is 1. The zero-order chi connectivity index (χ0) is 14.8. The van der Waals surface area contributed by atoms with Crippen LogP contribution in [0.1, 0.15) is 39.2 Å². The van der Waals surface area contributed by atoms with Crippen molar-refractivity contribution in [1.82, 2.24) is 4.90 Å². The van der Waals surface area contributed by atoms with Gasteiger partial charge in [-0.3, -0.25) is 15.0 Å². The number of hydrogen-bond donors (Lipinski definition) is 1. The number of nitro benzene ring substituents is 1. The molecule has 1 fully saturated rings. The molecule has 0 aromatic heterocycles. The Morgan fingerprint density at radius 1 is 1.45 bits per heavy atom. The highest BCUT2D eigenvalue weighted by Gasteiger charge is 2.32. The van der Waals surface area contributed by atoms with Crippen LogP contribution in [0.2, 0.25) is 0 Å². The summed E-state index contributed by atoms with van der Waals surface area (Å²) in [7, 11) is 0. The van der Waals surface area contributed by atoms with E-state index in [1.54, 1.807) is 12.1 Å². The van der Waals surface area contributed by atoms with Gasteiger partial charge in [0.15, 0.2) is 0 Å². The van der Waals surface area contributed by atoms with Crippen LogP contribution in [0.3, 0.4) is 0 Å². The summed E-state index contributed by atoms with van der Waals surface area (Å²) < 4.78 is 0. The summed E-state index contributed by atoms with van der Waals surface area (Å²) in [5.41, 5.74) is 2.02. The van der Waals surface area contributed by atoms with E-state index in [1.165, 1.54) is 12.8 Å². The average Bonchev–Trinajstić information content (AvgIpc) is 2.71. The predicted octanol–water partition coefficient (Wildman–Crippen LogP) is 3.40. The van der Waals surface area contributed by atoms with Gasteiger partial charge >= 0.3 is 0 Å². The summed E-state index contributed by atoms with van der Waals surface area (Å²) in [6, 6.07) is 5.33. The molecule has 110 valence electrons. The number of nitrogens with zero attached hydrogens (tertiary/aromatic N) is 2.